The predicted octanol–water partition coefficient (Wildman–Crippen LogP) is 0.464. The molecule has 1 radical (unpaired) electrons. The van der Waals surface area contributed by atoms with Gasteiger partial charge in [0.2, 0.25) is 5.91 Å². The molecule has 0 saturated carbocycles. The van der Waals surface area contributed by atoms with E-state index in [4.69, 9.17) is 0 Å². The zero-order valence-electron chi connectivity index (χ0n) is 10.3. The minimum Gasteiger partial charge on any atom is -0.354 e. The number of H-pyrrole nitrogens is 1. The Morgan fingerprint density at radius 2 is 2.50 bits per heavy atom. The maximum atomic E-state index is 11.6. The number of aromatic nitrogens is 4. The van der Waals surface area contributed by atoms with Crippen molar-refractivity contribution in [1.29, 1.82) is 0 Å². The van der Waals surface area contributed by atoms with Gasteiger partial charge in [-0.05, 0) is 13.3 Å². The van der Waals surface area contributed by atoms with Crippen LogP contribution in [0.2, 0.25) is 0 Å². The monoisotopic (exact) mass is 246 g/mol. The van der Waals surface area contributed by atoms with E-state index in [9.17, 15) is 4.79 Å². The number of imidazole rings is 1. The predicted molar refractivity (Wildman–Crippen MR) is 65.7 cm³/mol. The molecule has 2 heterocycles. The highest BCUT2D eigenvalue weighted by Crippen LogP contribution is 1.94. The summed E-state index contributed by atoms with van der Waals surface area (Å²) in [6.07, 6.45) is 6.90. The minimum atomic E-state index is -0.0362. The number of aromatic amines is 1. The third-order valence-electron chi connectivity index (χ3n) is 2.47. The fourth-order valence-corrected chi connectivity index (χ4v) is 1.62. The summed E-state index contributed by atoms with van der Waals surface area (Å²) >= 11 is 0. The Morgan fingerprint density at radius 3 is 3.17 bits per heavy atom. The molecule has 0 atom stereocenters. The van der Waals surface area contributed by atoms with Gasteiger partial charge in [0.05, 0.1) is 5.69 Å². The largest absolute Gasteiger partial charge is 0.354 e. The fraction of sp³-hybridized carbons (Fsp3) is 0.417. The van der Waals surface area contributed by atoms with Crippen molar-refractivity contribution in [2.24, 2.45) is 0 Å². The molecule has 95 valence electrons. The van der Waals surface area contributed by atoms with Crippen molar-refractivity contribution in [3.05, 3.63) is 36.2 Å². The van der Waals surface area contributed by atoms with E-state index < -0.39 is 0 Å². The van der Waals surface area contributed by atoms with Crippen LogP contribution in [-0.4, -0.2) is 32.2 Å². The Balaban J connectivity index is 1.63. The van der Waals surface area contributed by atoms with E-state index in [0.29, 0.717) is 6.54 Å². The molecule has 0 aromatic carbocycles. The second-order valence-corrected chi connectivity index (χ2v) is 4.05. The highest BCUT2D eigenvalue weighted by Gasteiger charge is 2.03. The Labute approximate surface area is 105 Å². The smallest absolute Gasteiger partial charge is 0.241 e. The summed E-state index contributed by atoms with van der Waals surface area (Å²) < 4.78 is 1.58. The number of hydrogen-bond acceptors (Lipinski definition) is 3. The molecule has 18 heavy (non-hydrogen) atoms. The number of amides is 1. The van der Waals surface area contributed by atoms with E-state index in [1.165, 1.54) is 0 Å². The normalized spacial score (nSPS) is 10.5. The minimum absolute atomic E-state index is 0.0362. The van der Waals surface area contributed by atoms with Crippen molar-refractivity contribution in [3.63, 3.8) is 0 Å². The summed E-state index contributed by atoms with van der Waals surface area (Å²) in [6.45, 7) is 2.73. The third-order valence-corrected chi connectivity index (χ3v) is 2.47. The summed E-state index contributed by atoms with van der Waals surface area (Å²) in [4.78, 5) is 18.7. The number of carbonyl (C=O) groups excluding carboxylic acids is 1. The molecule has 0 bridgehead atoms. The quantitative estimate of drug-likeness (QED) is 0.727. The zero-order valence-corrected chi connectivity index (χ0v) is 10.3. The van der Waals surface area contributed by atoms with Gasteiger partial charge < -0.3 is 10.3 Å². The van der Waals surface area contributed by atoms with Gasteiger partial charge in [-0.25, -0.2) is 4.98 Å². The summed E-state index contributed by atoms with van der Waals surface area (Å²) in [5.74, 6) is 0.910. The molecule has 0 saturated heterocycles. The van der Waals surface area contributed by atoms with Crippen LogP contribution in [0.1, 0.15) is 17.9 Å². The van der Waals surface area contributed by atoms with Crippen LogP contribution in [0.25, 0.3) is 0 Å². The topological polar surface area (TPSA) is 75.6 Å². The fourth-order valence-electron chi connectivity index (χ4n) is 1.62. The van der Waals surface area contributed by atoms with Crippen LogP contribution in [0.3, 0.4) is 0 Å². The van der Waals surface area contributed by atoms with Crippen molar-refractivity contribution >= 4 is 5.91 Å². The van der Waals surface area contributed by atoms with E-state index >= 15 is 0 Å². The Kier molecular flexibility index (Phi) is 4.11. The van der Waals surface area contributed by atoms with Crippen LogP contribution in [0.5, 0.6) is 0 Å². The third kappa shape index (κ3) is 3.73. The molecule has 0 unspecified atom stereocenters. The second-order valence-electron chi connectivity index (χ2n) is 4.05. The lowest BCUT2D eigenvalue weighted by molar-refractivity contribution is -0.121. The van der Waals surface area contributed by atoms with E-state index in [1.807, 2.05) is 6.92 Å². The highest BCUT2D eigenvalue weighted by atomic mass is 16.2. The van der Waals surface area contributed by atoms with Gasteiger partial charge in [0.15, 0.2) is 0 Å². The molecule has 2 rings (SSSR count). The van der Waals surface area contributed by atoms with Crippen molar-refractivity contribution in [2.45, 2.75) is 26.3 Å². The molecular weight excluding hydrogens is 230 g/mol. The molecule has 2 N–H and O–H groups in total. The van der Waals surface area contributed by atoms with Gasteiger partial charge >= 0.3 is 0 Å². The molecule has 1 amide bonds. The number of aryl methyl sites for hydroxylation is 2. The zero-order chi connectivity index (χ0) is 12.8. The first-order valence-corrected chi connectivity index (χ1v) is 5.91. The Morgan fingerprint density at radius 1 is 1.61 bits per heavy atom. The molecule has 0 fully saturated rings. The molecule has 0 aliphatic rings. The van der Waals surface area contributed by atoms with Crippen molar-refractivity contribution in [3.8, 4) is 0 Å². The molecule has 2 aromatic heterocycles. The summed E-state index contributed by atoms with van der Waals surface area (Å²) in [7, 11) is 0. The van der Waals surface area contributed by atoms with Crippen LogP contribution in [-0.2, 0) is 17.8 Å². The van der Waals surface area contributed by atoms with Crippen LogP contribution >= 0.6 is 0 Å². The second kappa shape index (κ2) is 6.00. The van der Waals surface area contributed by atoms with Crippen LogP contribution in [0, 0.1) is 13.0 Å². The lowest BCUT2D eigenvalue weighted by Crippen LogP contribution is -2.28. The first-order valence-electron chi connectivity index (χ1n) is 5.91. The number of nitrogens with one attached hydrogen (secondary N) is 2. The van der Waals surface area contributed by atoms with Gasteiger partial charge in [-0.2, -0.15) is 5.10 Å². The van der Waals surface area contributed by atoms with Crippen molar-refractivity contribution in [2.75, 3.05) is 6.54 Å². The van der Waals surface area contributed by atoms with Gasteiger partial charge in [0, 0.05) is 37.6 Å². The van der Waals surface area contributed by atoms with Gasteiger partial charge in [0.1, 0.15) is 12.4 Å². The van der Waals surface area contributed by atoms with Crippen LogP contribution in [0.4, 0.5) is 0 Å². The number of rotatable bonds is 6. The van der Waals surface area contributed by atoms with E-state index in [1.54, 1.807) is 23.3 Å². The van der Waals surface area contributed by atoms with Crippen molar-refractivity contribution in [1.82, 2.24) is 25.1 Å². The standard InChI is InChI=1S/C12H16N5O/c1-10-4-8-17(16-10)9-12(18)15-5-2-3-11-13-6-7-14-11/h6-8H,2-3,5,9H2,1H3,(H,13,14)(H,15,18). The van der Waals surface area contributed by atoms with Crippen molar-refractivity contribution < 1.29 is 4.79 Å². The van der Waals surface area contributed by atoms with Gasteiger partial charge in [-0.3, -0.25) is 9.48 Å². The molecule has 6 heteroatoms. The molecule has 6 nitrogen and oxygen atoms in total. The first-order chi connectivity index (χ1) is 8.74. The number of nitrogens with zero attached hydrogens (tertiary/aromatic N) is 3. The summed E-state index contributed by atoms with van der Waals surface area (Å²) in [5.41, 5.74) is 0.792. The number of carbonyl (C=O) groups is 1. The summed E-state index contributed by atoms with van der Waals surface area (Å²) in [5, 5.41) is 6.95. The lowest BCUT2D eigenvalue weighted by atomic mass is 10.3. The summed E-state index contributed by atoms with van der Waals surface area (Å²) in [6, 6.07) is 2.92. The average Bonchev–Trinajstić information content (AvgIpc) is 2.96. The number of hydrogen-bond donors (Lipinski definition) is 2. The van der Waals surface area contributed by atoms with Gasteiger partial charge in [0.25, 0.3) is 0 Å². The highest BCUT2D eigenvalue weighted by molar-refractivity contribution is 5.75. The SMILES string of the molecule is Cc1[c]cn(CC(=O)NCCCc2ncc[nH]2)n1. The van der Waals surface area contributed by atoms with E-state index in [2.05, 4.69) is 26.4 Å². The molecule has 2 aromatic rings. The molecule has 0 aliphatic heterocycles. The van der Waals surface area contributed by atoms with E-state index in [0.717, 1.165) is 24.4 Å². The maximum absolute atomic E-state index is 11.6. The average molecular weight is 246 g/mol. The Bertz CT molecular complexity index is 488. The Hall–Kier alpha value is -2.11. The molecular formula is C12H16N5O. The van der Waals surface area contributed by atoms with Crippen LogP contribution < -0.4 is 5.32 Å². The van der Waals surface area contributed by atoms with Crippen LogP contribution in [0.15, 0.2) is 18.6 Å². The van der Waals surface area contributed by atoms with Gasteiger partial charge in [-0.1, -0.05) is 0 Å². The first kappa shape index (κ1) is 12.3. The maximum Gasteiger partial charge on any atom is 0.241 e. The lowest BCUT2D eigenvalue weighted by Gasteiger charge is -2.04. The van der Waals surface area contributed by atoms with E-state index in [-0.39, 0.29) is 12.5 Å². The molecule has 0 spiro atoms. The molecule has 0 aliphatic carbocycles. The van der Waals surface area contributed by atoms with Gasteiger partial charge in [-0.15, -0.1) is 0 Å².